The number of likely N-dealkylation sites (N-methyl/N-ethyl adjacent to an activating group) is 1. The Hall–Kier alpha value is -0.870. The first-order chi connectivity index (χ1) is 7.86. The zero-order valence-electron chi connectivity index (χ0n) is 11.1. The summed E-state index contributed by atoms with van der Waals surface area (Å²) in [5.41, 5.74) is 5.82. The molecule has 96 valence electrons. The van der Waals surface area contributed by atoms with Crippen LogP contribution in [0.25, 0.3) is 0 Å². The number of amides is 1. The van der Waals surface area contributed by atoms with Crippen molar-refractivity contribution in [2.24, 2.45) is 11.1 Å². The minimum absolute atomic E-state index is 0.0356. The Labute approximate surface area is 108 Å². The second kappa shape index (κ2) is 5.65. The number of nitrogens with two attached hydrogens (primary N) is 1. The fraction of sp³-hybridized carbons (Fsp3) is 0.615. The molecule has 0 saturated carbocycles. The average molecular weight is 254 g/mol. The van der Waals surface area contributed by atoms with Gasteiger partial charge in [0.15, 0.2) is 0 Å². The van der Waals surface area contributed by atoms with Gasteiger partial charge in [0.2, 0.25) is 5.91 Å². The Bertz CT molecular complexity index is 354. The van der Waals surface area contributed by atoms with E-state index in [0.717, 1.165) is 0 Å². The highest BCUT2D eigenvalue weighted by molar-refractivity contribution is 7.09. The summed E-state index contributed by atoms with van der Waals surface area (Å²) in [5.74, 6) is 0.0356. The van der Waals surface area contributed by atoms with Crippen molar-refractivity contribution < 1.29 is 4.79 Å². The van der Waals surface area contributed by atoms with Gasteiger partial charge in [0, 0.05) is 11.4 Å². The van der Waals surface area contributed by atoms with Gasteiger partial charge < -0.3 is 10.6 Å². The third-order valence-electron chi connectivity index (χ3n) is 2.82. The van der Waals surface area contributed by atoms with Crippen LogP contribution in [-0.2, 0) is 11.3 Å². The van der Waals surface area contributed by atoms with Gasteiger partial charge in [-0.25, -0.2) is 0 Å². The molecule has 0 aliphatic carbocycles. The molecule has 1 amide bonds. The van der Waals surface area contributed by atoms with Crippen LogP contribution >= 0.6 is 11.3 Å². The summed E-state index contributed by atoms with van der Waals surface area (Å²) in [6.45, 7) is 9.33. The molecular formula is C13H22N2OS. The van der Waals surface area contributed by atoms with E-state index in [1.165, 1.54) is 4.88 Å². The van der Waals surface area contributed by atoms with Crippen LogP contribution in [0.1, 0.15) is 32.6 Å². The molecule has 0 fully saturated rings. The molecule has 1 unspecified atom stereocenters. The van der Waals surface area contributed by atoms with Crippen LogP contribution in [0.5, 0.6) is 0 Å². The molecule has 3 nitrogen and oxygen atoms in total. The molecule has 1 rings (SSSR count). The number of hydrogen-bond donors (Lipinski definition) is 1. The van der Waals surface area contributed by atoms with E-state index < -0.39 is 6.04 Å². The summed E-state index contributed by atoms with van der Waals surface area (Å²) in [5, 5.41) is 2.03. The van der Waals surface area contributed by atoms with Crippen molar-refractivity contribution in [3.8, 4) is 0 Å². The molecule has 1 atom stereocenters. The Morgan fingerprint density at radius 1 is 1.53 bits per heavy atom. The highest BCUT2D eigenvalue weighted by atomic mass is 32.1. The van der Waals surface area contributed by atoms with Crippen molar-refractivity contribution in [3.63, 3.8) is 0 Å². The van der Waals surface area contributed by atoms with Gasteiger partial charge in [-0.05, 0) is 23.8 Å². The lowest BCUT2D eigenvalue weighted by Gasteiger charge is -2.31. The van der Waals surface area contributed by atoms with E-state index in [1.54, 1.807) is 11.3 Å². The highest BCUT2D eigenvalue weighted by Gasteiger charge is 2.30. The van der Waals surface area contributed by atoms with Crippen LogP contribution in [0.2, 0.25) is 0 Å². The van der Waals surface area contributed by atoms with E-state index in [0.29, 0.717) is 13.1 Å². The van der Waals surface area contributed by atoms with Crippen molar-refractivity contribution in [3.05, 3.63) is 22.4 Å². The molecule has 0 aliphatic heterocycles. The fourth-order valence-corrected chi connectivity index (χ4v) is 2.22. The topological polar surface area (TPSA) is 46.3 Å². The van der Waals surface area contributed by atoms with Gasteiger partial charge in [0.25, 0.3) is 0 Å². The van der Waals surface area contributed by atoms with Gasteiger partial charge >= 0.3 is 0 Å². The van der Waals surface area contributed by atoms with Gasteiger partial charge in [-0.1, -0.05) is 26.8 Å². The molecule has 1 aromatic heterocycles. The van der Waals surface area contributed by atoms with Crippen molar-refractivity contribution in [1.29, 1.82) is 0 Å². The summed E-state index contributed by atoms with van der Waals surface area (Å²) in [6.07, 6.45) is 0. The summed E-state index contributed by atoms with van der Waals surface area (Å²) in [7, 11) is 0. The van der Waals surface area contributed by atoms with Crippen molar-refractivity contribution in [2.75, 3.05) is 6.54 Å². The van der Waals surface area contributed by atoms with Gasteiger partial charge in [-0.2, -0.15) is 0 Å². The molecule has 4 heteroatoms. The van der Waals surface area contributed by atoms with Crippen LogP contribution in [-0.4, -0.2) is 23.4 Å². The molecule has 0 spiro atoms. The molecule has 17 heavy (non-hydrogen) atoms. The first kappa shape index (κ1) is 14.2. The maximum absolute atomic E-state index is 12.3. The molecule has 1 heterocycles. The zero-order chi connectivity index (χ0) is 13.1. The average Bonchev–Trinajstić information content (AvgIpc) is 2.75. The van der Waals surface area contributed by atoms with Gasteiger partial charge in [-0.3, -0.25) is 4.79 Å². The Balaban J connectivity index is 2.71. The minimum atomic E-state index is -0.442. The van der Waals surface area contributed by atoms with Gasteiger partial charge in [-0.15, -0.1) is 11.3 Å². The summed E-state index contributed by atoms with van der Waals surface area (Å²) in [4.78, 5) is 15.3. The summed E-state index contributed by atoms with van der Waals surface area (Å²) < 4.78 is 0. The molecule has 1 aromatic rings. The molecule has 0 aliphatic rings. The Kier molecular flexibility index (Phi) is 4.71. The number of carbonyl (C=O) groups is 1. The lowest BCUT2D eigenvalue weighted by molar-refractivity contribution is -0.135. The highest BCUT2D eigenvalue weighted by Crippen LogP contribution is 2.20. The Morgan fingerprint density at radius 3 is 2.59 bits per heavy atom. The SMILES string of the molecule is CCN(Cc1cccs1)C(=O)C(N)C(C)(C)C. The summed E-state index contributed by atoms with van der Waals surface area (Å²) in [6, 6.07) is 3.60. The second-order valence-corrected chi connectivity index (χ2v) is 6.31. The number of rotatable bonds is 4. The predicted molar refractivity (Wildman–Crippen MR) is 72.8 cm³/mol. The molecule has 0 bridgehead atoms. The lowest BCUT2D eigenvalue weighted by atomic mass is 9.86. The maximum atomic E-state index is 12.3. The molecule has 0 radical (unpaired) electrons. The zero-order valence-corrected chi connectivity index (χ0v) is 11.9. The van der Waals surface area contributed by atoms with Crippen molar-refractivity contribution in [1.82, 2.24) is 4.90 Å². The quantitative estimate of drug-likeness (QED) is 0.897. The third-order valence-corrected chi connectivity index (χ3v) is 3.68. The maximum Gasteiger partial charge on any atom is 0.240 e. The lowest BCUT2D eigenvalue weighted by Crippen LogP contribution is -2.50. The van der Waals surface area contributed by atoms with E-state index in [9.17, 15) is 4.79 Å². The summed E-state index contributed by atoms with van der Waals surface area (Å²) >= 11 is 1.67. The van der Waals surface area contributed by atoms with Crippen LogP contribution < -0.4 is 5.73 Å². The number of thiophene rings is 1. The van der Waals surface area contributed by atoms with Crippen LogP contribution in [0.3, 0.4) is 0 Å². The van der Waals surface area contributed by atoms with Crippen LogP contribution in [0, 0.1) is 5.41 Å². The largest absolute Gasteiger partial charge is 0.336 e. The molecule has 0 saturated heterocycles. The van der Waals surface area contributed by atoms with Crippen LogP contribution in [0.4, 0.5) is 0 Å². The number of hydrogen-bond acceptors (Lipinski definition) is 3. The van der Waals surface area contributed by atoms with E-state index >= 15 is 0 Å². The van der Waals surface area contributed by atoms with E-state index in [-0.39, 0.29) is 11.3 Å². The normalized spacial score (nSPS) is 13.5. The minimum Gasteiger partial charge on any atom is -0.336 e. The molecule has 2 N–H and O–H groups in total. The Morgan fingerprint density at radius 2 is 2.18 bits per heavy atom. The second-order valence-electron chi connectivity index (χ2n) is 5.28. The van der Waals surface area contributed by atoms with Gasteiger partial charge in [0.05, 0.1) is 12.6 Å². The van der Waals surface area contributed by atoms with Crippen molar-refractivity contribution >= 4 is 17.2 Å². The first-order valence-electron chi connectivity index (χ1n) is 5.93. The smallest absolute Gasteiger partial charge is 0.240 e. The monoisotopic (exact) mass is 254 g/mol. The fourth-order valence-electron chi connectivity index (χ4n) is 1.50. The van der Waals surface area contributed by atoms with E-state index in [2.05, 4.69) is 0 Å². The number of carbonyl (C=O) groups excluding carboxylic acids is 1. The van der Waals surface area contributed by atoms with Crippen molar-refractivity contribution in [2.45, 2.75) is 40.3 Å². The van der Waals surface area contributed by atoms with Gasteiger partial charge in [0.1, 0.15) is 0 Å². The van der Waals surface area contributed by atoms with Crippen LogP contribution in [0.15, 0.2) is 17.5 Å². The van der Waals surface area contributed by atoms with E-state index in [1.807, 2.05) is 50.1 Å². The molecule has 0 aromatic carbocycles. The molecular weight excluding hydrogens is 232 g/mol. The number of nitrogens with zero attached hydrogens (tertiary/aromatic N) is 1. The first-order valence-corrected chi connectivity index (χ1v) is 6.81. The third kappa shape index (κ3) is 3.82. The van der Waals surface area contributed by atoms with E-state index in [4.69, 9.17) is 5.73 Å². The predicted octanol–water partition coefficient (Wildman–Crippen LogP) is 2.47. The standard InChI is InChI=1S/C13H22N2OS/c1-5-15(9-10-7-6-8-17-10)12(16)11(14)13(2,3)4/h6-8,11H,5,9,14H2,1-4H3.